The van der Waals surface area contributed by atoms with E-state index >= 15 is 0 Å². The van der Waals surface area contributed by atoms with Crippen LogP contribution in [0.1, 0.15) is 19.3 Å². The normalized spacial score (nSPS) is 17.2. The summed E-state index contributed by atoms with van der Waals surface area (Å²) >= 11 is 0. The van der Waals surface area contributed by atoms with Crippen LogP contribution in [0.4, 0.5) is 10.3 Å². The highest BCUT2D eigenvalue weighted by atomic mass is 19.1. The van der Waals surface area contributed by atoms with Crippen LogP contribution >= 0.6 is 0 Å². The molecule has 2 aromatic rings. The molecule has 1 saturated heterocycles. The third kappa shape index (κ3) is 4.65. The molecule has 4 rings (SSSR count). The Kier molecular flexibility index (Phi) is 6.11. The quantitative estimate of drug-likeness (QED) is 0.723. The average molecular weight is 382 g/mol. The summed E-state index contributed by atoms with van der Waals surface area (Å²) in [6.45, 7) is 6.78. The molecule has 148 valence electrons. The standard InChI is InChI=1S/C21H27FN6/c22-17-15-25-21(26-16-17)28-13-11-27(12-14-28)10-4-3-8-23-20-7-9-24-19-6-2-1-5-18(19)20/h1-2,5-6,15-16,23H,3-4,7-14H2. The average Bonchev–Trinajstić information content (AvgIpc) is 2.75. The predicted molar refractivity (Wildman–Crippen MR) is 108 cm³/mol. The minimum atomic E-state index is -0.389. The Morgan fingerprint density at radius 3 is 2.61 bits per heavy atom. The summed E-state index contributed by atoms with van der Waals surface area (Å²) in [7, 11) is 0. The van der Waals surface area contributed by atoms with E-state index in [4.69, 9.17) is 0 Å². The van der Waals surface area contributed by atoms with Crippen molar-refractivity contribution >= 4 is 11.6 Å². The number of piperazine rings is 1. The zero-order valence-electron chi connectivity index (χ0n) is 16.1. The first-order chi connectivity index (χ1) is 13.8. The van der Waals surface area contributed by atoms with Gasteiger partial charge in [-0.25, -0.2) is 14.4 Å². The molecule has 0 unspecified atom stereocenters. The molecule has 0 bridgehead atoms. The maximum Gasteiger partial charge on any atom is 0.225 e. The SMILES string of the molecule is Fc1cnc(N2CCN(CCCCNC3=c4ccccc4=NCC3)CC2)nc1. The first-order valence-electron chi connectivity index (χ1n) is 10.1. The predicted octanol–water partition coefficient (Wildman–Crippen LogP) is 0.939. The molecule has 1 aromatic heterocycles. The minimum Gasteiger partial charge on any atom is -0.388 e. The Morgan fingerprint density at radius 2 is 1.79 bits per heavy atom. The molecule has 0 atom stereocenters. The Labute approximate surface area is 164 Å². The zero-order chi connectivity index (χ0) is 19.2. The largest absolute Gasteiger partial charge is 0.388 e. The van der Waals surface area contributed by atoms with Crippen molar-refractivity contribution in [3.05, 3.63) is 53.1 Å². The molecule has 0 amide bonds. The fourth-order valence-corrected chi connectivity index (χ4v) is 3.81. The van der Waals surface area contributed by atoms with Crippen molar-refractivity contribution in [3.8, 4) is 0 Å². The van der Waals surface area contributed by atoms with E-state index in [-0.39, 0.29) is 5.82 Å². The lowest BCUT2D eigenvalue weighted by molar-refractivity contribution is 0.252. The van der Waals surface area contributed by atoms with Crippen LogP contribution in [0.25, 0.3) is 5.70 Å². The van der Waals surface area contributed by atoms with E-state index < -0.39 is 0 Å². The smallest absolute Gasteiger partial charge is 0.225 e. The maximum absolute atomic E-state index is 12.9. The number of para-hydroxylation sites is 1. The van der Waals surface area contributed by atoms with Gasteiger partial charge in [0.2, 0.25) is 5.95 Å². The van der Waals surface area contributed by atoms with E-state index in [9.17, 15) is 4.39 Å². The molecule has 6 nitrogen and oxygen atoms in total. The summed E-state index contributed by atoms with van der Waals surface area (Å²) in [6, 6.07) is 8.38. The number of nitrogens with zero attached hydrogens (tertiary/aromatic N) is 5. The topological polar surface area (TPSA) is 56.7 Å². The number of aromatic nitrogens is 2. The first-order valence-corrected chi connectivity index (χ1v) is 10.1. The molecule has 28 heavy (non-hydrogen) atoms. The molecule has 0 radical (unpaired) electrons. The third-order valence-electron chi connectivity index (χ3n) is 5.37. The van der Waals surface area contributed by atoms with Crippen molar-refractivity contribution < 1.29 is 4.39 Å². The number of hydrogen-bond donors (Lipinski definition) is 1. The van der Waals surface area contributed by atoms with Gasteiger partial charge in [-0.05, 0) is 25.5 Å². The summed E-state index contributed by atoms with van der Waals surface area (Å²) in [5, 5.41) is 6.00. The second-order valence-corrected chi connectivity index (χ2v) is 7.29. The number of nitrogens with one attached hydrogen (secondary N) is 1. The van der Waals surface area contributed by atoms with Crippen LogP contribution < -0.4 is 20.8 Å². The van der Waals surface area contributed by atoms with Crippen LogP contribution in [-0.4, -0.2) is 60.7 Å². The molecular weight excluding hydrogens is 355 g/mol. The van der Waals surface area contributed by atoms with E-state index in [0.29, 0.717) is 5.95 Å². The summed E-state index contributed by atoms with van der Waals surface area (Å²) in [5.74, 6) is 0.238. The lowest BCUT2D eigenvalue weighted by atomic mass is 10.1. The minimum absolute atomic E-state index is 0.389. The lowest BCUT2D eigenvalue weighted by Crippen LogP contribution is -2.47. The van der Waals surface area contributed by atoms with E-state index in [1.54, 1.807) is 0 Å². The van der Waals surface area contributed by atoms with Crippen molar-refractivity contribution in [2.24, 2.45) is 4.99 Å². The number of halogens is 1. The lowest BCUT2D eigenvalue weighted by Gasteiger charge is -2.34. The van der Waals surface area contributed by atoms with Gasteiger partial charge in [0, 0.05) is 56.6 Å². The fraction of sp³-hybridized carbons (Fsp3) is 0.476. The van der Waals surface area contributed by atoms with Gasteiger partial charge in [0.15, 0.2) is 5.82 Å². The summed E-state index contributed by atoms with van der Waals surface area (Å²) in [4.78, 5) is 17.4. The molecule has 0 saturated carbocycles. The molecule has 0 spiro atoms. The van der Waals surface area contributed by atoms with Crippen molar-refractivity contribution in [2.75, 3.05) is 50.7 Å². The van der Waals surface area contributed by atoms with Crippen molar-refractivity contribution in [3.63, 3.8) is 0 Å². The molecule has 1 N–H and O–H groups in total. The molecule has 7 heteroatoms. The van der Waals surface area contributed by atoms with Crippen molar-refractivity contribution in [2.45, 2.75) is 19.3 Å². The highest BCUT2D eigenvalue weighted by Crippen LogP contribution is 2.11. The fourth-order valence-electron chi connectivity index (χ4n) is 3.81. The molecule has 3 heterocycles. The molecule has 2 aliphatic heterocycles. The van der Waals surface area contributed by atoms with Gasteiger partial charge in [-0.15, -0.1) is 0 Å². The Balaban J connectivity index is 1.17. The van der Waals surface area contributed by atoms with Crippen molar-refractivity contribution in [1.29, 1.82) is 0 Å². The van der Waals surface area contributed by atoms with Gasteiger partial charge < -0.3 is 10.2 Å². The summed E-state index contributed by atoms with van der Waals surface area (Å²) in [5.41, 5.74) is 1.33. The van der Waals surface area contributed by atoms with Crippen LogP contribution in [0.15, 0.2) is 41.7 Å². The van der Waals surface area contributed by atoms with Crippen molar-refractivity contribution in [1.82, 2.24) is 20.2 Å². The van der Waals surface area contributed by atoms with Crippen LogP contribution in [0.2, 0.25) is 0 Å². The van der Waals surface area contributed by atoms with Gasteiger partial charge in [-0.3, -0.25) is 9.89 Å². The van der Waals surface area contributed by atoms with Gasteiger partial charge in [0.25, 0.3) is 0 Å². The molecule has 0 aliphatic carbocycles. The second kappa shape index (κ2) is 9.10. The molecular formula is C21H27FN6. The monoisotopic (exact) mass is 382 g/mol. The summed E-state index contributed by atoms with van der Waals surface area (Å²) in [6.07, 6.45) is 5.81. The first kappa shape index (κ1) is 18.8. The van der Waals surface area contributed by atoms with Gasteiger partial charge in [0.05, 0.1) is 17.8 Å². The highest BCUT2D eigenvalue weighted by Gasteiger charge is 2.18. The van der Waals surface area contributed by atoms with Crippen LogP contribution in [0.3, 0.4) is 0 Å². The van der Waals surface area contributed by atoms with E-state index in [1.807, 2.05) is 6.07 Å². The highest BCUT2D eigenvalue weighted by molar-refractivity contribution is 5.43. The van der Waals surface area contributed by atoms with Crippen LogP contribution in [0.5, 0.6) is 0 Å². The number of hydrogen-bond acceptors (Lipinski definition) is 6. The van der Waals surface area contributed by atoms with Gasteiger partial charge in [0.1, 0.15) is 0 Å². The number of unbranched alkanes of at least 4 members (excludes halogenated alkanes) is 1. The molecule has 2 aliphatic rings. The Bertz CT molecular complexity index is 890. The number of benzene rings is 1. The second-order valence-electron chi connectivity index (χ2n) is 7.29. The van der Waals surface area contributed by atoms with E-state index in [0.717, 1.165) is 64.0 Å². The number of anilines is 1. The van der Waals surface area contributed by atoms with Gasteiger partial charge >= 0.3 is 0 Å². The van der Waals surface area contributed by atoms with Gasteiger partial charge in [-0.1, -0.05) is 18.2 Å². The zero-order valence-corrected chi connectivity index (χ0v) is 16.1. The molecule has 1 aromatic carbocycles. The third-order valence-corrected chi connectivity index (χ3v) is 5.37. The van der Waals surface area contributed by atoms with E-state index in [1.165, 1.54) is 29.7 Å². The number of rotatable bonds is 7. The Hall–Kier alpha value is -2.54. The summed E-state index contributed by atoms with van der Waals surface area (Å²) < 4.78 is 12.9. The van der Waals surface area contributed by atoms with Crippen LogP contribution in [0, 0.1) is 5.82 Å². The Morgan fingerprint density at radius 1 is 1.00 bits per heavy atom. The van der Waals surface area contributed by atoms with Gasteiger partial charge in [-0.2, -0.15) is 0 Å². The number of fused-ring (bicyclic) bond motifs is 1. The van der Waals surface area contributed by atoms with Crippen LogP contribution in [-0.2, 0) is 0 Å². The molecule has 1 fully saturated rings. The maximum atomic E-state index is 12.9. The van der Waals surface area contributed by atoms with E-state index in [2.05, 4.69) is 48.3 Å².